The Bertz CT molecular complexity index is 1170. The molecule has 0 radical (unpaired) electrons. The van der Waals surface area contributed by atoms with Gasteiger partial charge in [-0.3, -0.25) is 9.89 Å². The number of rotatable bonds is 4. The van der Waals surface area contributed by atoms with E-state index in [2.05, 4.69) is 26.1 Å². The van der Waals surface area contributed by atoms with Crippen LogP contribution in [0.2, 0.25) is 5.02 Å². The number of nitrogens with zero attached hydrogens (tertiary/aromatic N) is 2. The van der Waals surface area contributed by atoms with Gasteiger partial charge in [0.25, 0.3) is 5.91 Å². The average Bonchev–Trinajstić information content (AvgIpc) is 3.44. The molecule has 2 aromatic heterocycles. The molecule has 1 N–H and O–H groups in total. The summed E-state index contributed by atoms with van der Waals surface area (Å²) < 4.78 is 6.49. The molecule has 1 unspecified atom stereocenters. The molecule has 0 spiro atoms. The Morgan fingerprint density at radius 2 is 1.86 bits per heavy atom. The third-order valence-corrected chi connectivity index (χ3v) is 5.85. The SMILES string of the molecule is O=C1c2[nH]nc(-c3ccc(Cl)cc3)c2C(c2ccc(Br)cc2)N1Cc1ccco1. The molecular formula is C22H15BrClN3O2. The smallest absolute Gasteiger partial charge is 0.273 e. The predicted octanol–water partition coefficient (Wildman–Crippen LogP) is 5.83. The van der Waals surface area contributed by atoms with Crippen molar-refractivity contribution in [1.29, 1.82) is 0 Å². The van der Waals surface area contributed by atoms with Crippen molar-refractivity contribution in [3.63, 3.8) is 0 Å². The number of carbonyl (C=O) groups is 1. The van der Waals surface area contributed by atoms with Crippen LogP contribution in [-0.4, -0.2) is 21.0 Å². The maximum absolute atomic E-state index is 13.3. The second kappa shape index (κ2) is 7.21. The lowest BCUT2D eigenvalue weighted by molar-refractivity contribution is 0.0717. The maximum Gasteiger partial charge on any atom is 0.273 e. The lowest BCUT2D eigenvalue weighted by Gasteiger charge is -2.25. The van der Waals surface area contributed by atoms with Crippen LogP contribution in [0.25, 0.3) is 11.3 Å². The molecule has 0 aliphatic carbocycles. The summed E-state index contributed by atoms with van der Waals surface area (Å²) in [5, 5.41) is 8.07. The third kappa shape index (κ3) is 3.18. The molecule has 0 saturated carbocycles. The van der Waals surface area contributed by atoms with Crippen LogP contribution in [0, 0.1) is 0 Å². The molecule has 7 heteroatoms. The van der Waals surface area contributed by atoms with Gasteiger partial charge in [-0.1, -0.05) is 51.8 Å². The van der Waals surface area contributed by atoms with Crippen LogP contribution in [0.15, 0.2) is 75.8 Å². The summed E-state index contributed by atoms with van der Waals surface area (Å²) in [6.07, 6.45) is 1.62. The summed E-state index contributed by atoms with van der Waals surface area (Å²) >= 11 is 9.54. The number of carbonyl (C=O) groups excluding carboxylic acids is 1. The first kappa shape index (κ1) is 18.2. The number of benzene rings is 2. The quantitative estimate of drug-likeness (QED) is 0.410. The molecule has 0 saturated heterocycles. The Morgan fingerprint density at radius 1 is 1.10 bits per heavy atom. The Hall–Kier alpha value is -2.83. The molecule has 3 heterocycles. The molecule has 1 amide bonds. The summed E-state index contributed by atoms with van der Waals surface area (Å²) in [5.74, 6) is 0.628. The zero-order valence-electron chi connectivity index (χ0n) is 15.1. The van der Waals surface area contributed by atoms with Crippen LogP contribution in [0.1, 0.15) is 33.4 Å². The zero-order valence-corrected chi connectivity index (χ0v) is 17.4. The minimum atomic E-state index is -0.278. The Kier molecular flexibility index (Phi) is 4.53. The first-order valence-electron chi connectivity index (χ1n) is 9.05. The largest absolute Gasteiger partial charge is 0.467 e. The van der Waals surface area contributed by atoms with Crippen LogP contribution >= 0.6 is 27.5 Å². The highest BCUT2D eigenvalue weighted by Gasteiger charge is 2.42. The van der Waals surface area contributed by atoms with Crippen molar-refractivity contribution in [2.75, 3.05) is 0 Å². The molecule has 1 atom stereocenters. The van der Waals surface area contributed by atoms with Gasteiger partial charge >= 0.3 is 0 Å². The normalized spacial score (nSPS) is 15.7. The molecule has 2 aromatic carbocycles. The highest BCUT2D eigenvalue weighted by Crippen LogP contribution is 2.43. The van der Waals surface area contributed by atoms with Gasteiger partial charge in [-0.2, -0.15) is 5.10 Å². The van der Waals surface area contributed by atoms with Gasteiger partial charge in [-0.25, -0.2) is 0 Å². The van der Waals surface area contributed by atoms with E-state index < -0.39 is 0 Å². The van der Waals surface area contributed by atoms with Crippen LogP contribution in [0.5, 0.6) is 0 Å². The standard InChI is InChI=1S/C22H15BrClN3O2/c23-15-7-3-14(4-8-15)21-18-19(13-5-9-16(24)10-6-13)25-26-20(18)22(28)27(21)12-17-2-1-11-29-17/h1-11,21H,12H2,(H,25,26). The van der Waals surface area contributed by atoms with Gasteiger partial charge in [-0.15, -0.1) is 0 Å². The van der Waals surface area contributed by atoms with E-state index in [0.717, 1.165) is 32.6 Å². The minimum Gasteiger partial charge on any atom is -0.467 e. The van der Waals surface area contributed by atoms with Crippen molar-refractivity contribution in [2.45, 2.75) is 12.6 Å². The Morgan fingerprint density at radius 3 is 2.55 bits per heavy atom. The number of fused-ring (bicyclic) bond motifs is 1. The van der Waals surface area contributed by atoms with Crippen LogP contribution in [0.4, 0.5) is 0 Å². The molecule has 5 nitrogen and oxygen atoms in total. The van der Waals surface area contributed by atoms with E-state index in [0.29, 0.717) is 17.3 Å². The first-order valence-corrected chi connectivity index (χ1v) is 10.2. The third-order valence-electron chi connectivity index (χ3n) is 5.07. The number of aromatic amines is 1. The highest BCUT2D eigenvalue weighted by molar-refractivity contribution is 9.10. The molecule has 29 heavy (non-hydrogen) atoms. The average molecular weight is 469 g/mol. The van der Waals surface area contributed by atoms with Crippen molar-refractivity contribution in [3.05, 3.63) is 99.0 Å². The fraction of sp³-hybridized carbons (Fsp3) is 0.0909. The number of furan rings is 1. The molecule has 1 aliphatic rings. The number of hydrogen-bond acceptors (Lipinski definition) is 3. The summed E-state index contributed by atoms with van der Waals surface area (Å²) in [6.45, 7) is 0.370. The summed E-state index contributed by atoms with van der Waals surface area (Å²) in [7, 11) is 0. The molecule has 4 aromatic rings. The van der Waals surface area contributed by atoms with Crippen molar-refractivity contribution in [1.82, 2.24) is 15.1 Å². The number of amides is 1. The van der Waals surface area contributed by atoms with Crippen LogP contribution in [-0.2, 0) is 6.54 Å². The van der Waals surface area contributed by atoms with Gasteiger partial charge in [0.2, 0.25) is 0 Å². The van der Waals surface area contributed by atoms with Crippen molar-refractivity contribution in [3.8, 4) is 11.3 Å². The van der Waals surface area contributed by atoms with Gasteiger partial charge in [0.05, 0.1) is 24.5 Å². The van der Waals surface area contributed by atoms with Gasteiger partial charge in [0, 0.05) is 20.6 Å². The van der Waals surface area contributed by atoms with Gasteiger partial charge in [-0.05, 0) is 42.0 Å². The molecule has 5 rings (SSSR count). The van der Waals surface area contributed by atoms with E-state index in [4.69, 9.17) is 16.0 Å². The predicted molar refractivity (Wildman–Crippen MR) is 114 cm³/mol. The summed E-state index contributed by atoms with van der Waals surface area (Å²) in [6, 6.07) is 18.9. The fourth-order valence-electron chi connectivity index (χ4n) is 3.75. The Balaban J connectivity index is 1.65. The second-order valence-corrected chi connectivity index (χ2v) is 8.19. The molecule has 0 bridgehead atoms. The van der Waals surface area contributed by atoms with Crippen molar-refractivity contribution < 1.29 is 9.21 Å². The monoisotopic (exact) mass is 467 g/mol. The van der Waals surface area contributed by atoms with Gasteiger partial charge in [0.1, 0.15) is 11.5 Å². The van der Waals surface area contributed by atoms with E-state index >= 15 is 0 Å². The Labute approximate surface area is 180 Å². The lowest BCUT2D eigenvalue weighted by Crippen LogP contribution is -2.28. The molecule has 1 aliphatic heterocycles. The lowest BCUT2D eigenvalue weighted by atomic mass is 9.96. The van der Waals surface area contributed by atoms with Crippen molar-refractivity contribution in [2.24, 2.45) is 0 Å². The summed E-state index contributed by atoms with van der Waals surface area (Å²) in [4.78, 5) is 15.1. The number of H-pyrrole nitrogens is 1. The number of hydrogen-bond donors (Lipinski definition) is 1. The molecule has 0 fully saturated rings. The zero-order chi connectivity index (χ0) is 20.0. The molecular weight excluding hydrogens is 454 g/mol. The van der Waals surface area contributed by atoms with E-state index in [1.807, 2.05) is 65.6 Å². The first-order chi connectivity index (χ1) is 14.1. The maximum atomic E-state index is 13.3. The van der Waals surface area contributed by atoms with Gasteiger partial charge < -0.3 is 9.32 Å². The van der Waals surface area contributed by atoms with E-state index in [1.54, 1.807) is 6.26 Å². The number of aromatic nitrogens is 2. The minimum absolute atomic E-state index is 0.1000. The molecule has 144 valence electrons. The van der Waals surface area contributed by atoms with Crippen molar-refractivity contribution >= 4 is 33.4 Å². The highest BCUT2D eigenvalue weighted by atomic mass is 79.9. The van der Waals surface area contributed by atoms with Crippen LogP contribution in [0.3, 0.4) is 0 Å². The number of halogens is 2. The topological polar surface area (TPSA) is 62.1 Å². The van der Waals surface area contributed by atoms with E-state index in [9.17, 15) is 4.79 Å². The van der Waals surface area contributed by atoms with Gasteiger partial charge in [0.15, 0.2) is 0 Å². The fourth-order valence-corrected chi connectivity index (χ4v) is 4.14. The van der Waals surface area contributed by atoms with E-state index in [-0.39, 0.29) is 11.9 Å². The van der Waals surface area contributed by atoms with E-state index in [1.165, 1.54) is 0 Å². The second-order valence-electron chi connectivity index (χ2n) is 6.83. The summed E-state index contributed by atoms with van der Waals surface area (Å²) in [5.41, 5.74) is 4.03. The number of nitrogens with one attached hydrogen (secondary N) is 1. The van der Waals surface area contributed by atoms with Crippen LogP contribution < -0.4 is 0 Å².